The van der Waals surface area contributed by atoms with Crippen molar-refractivity contribution in [3.8, 4) is 11.1 Å². The maximum Gasteiger partial charge on any atom is 0.132 e. The summed E-state index contributed by atoms with van der Waals surface area (Å²) in [4.78, 5) is 0. The van der Waals surface area contributed by atoms with Crippen molar-refractivity contribution < 1.29 is 4.39 Å². The zero-order chi connectivity index (χ0) is 13.1. The molecule has 1 atom stereocenters. The molecule has 2 aromatic carbocycles. The average Bonchev–Trinajstić information content (AvgIpc) is 2.38. The maximum atomic E-state index is 13.9. The Morgan fingerprint density at radius 1 is 1.17 bits per heavy atom. The van der Waals surface area contributed by atoms with Gasteiger partial charge in [-0.05, 0) is 49.4 Å². The summed E-state index contributed by atoms with van der Waals surface area (Å²) >= 11 is 5.76. The molecule has 0 saturated carbocycles. The summed E-state index contributed by atoms with van der Waals surface area (Å²) in [5.74, 6) is -0.295. The van der Waals surface area contributed by atoms with E-state index >= 15 is 0 Å². The van der Waals surface area contributed by atoms with Crippen LogP contribution in [-0.4, -0.2) is 7.05 Å². The van der Waals surface area contributed by atoms with E-state index in [9.17, 15) is 4.39 Å². The number of benzene rings is 2. The van der Waals surface area contributed by atoms with E-state index < -0.39 is 0 Å². The number of hydrogen-bond acceptors (Lipinski definition) is 1. The van der Waals surface area contributed by atoms with Crippen LogP contribution < -0.4 is 5.32 Å². The van der Waals surface area contributed by atoms with Crippen LogP contribution in [0.4, 0.5) is 4.39 Å². The zero-order valence-corrected chi connectivity index (χ0v) is 11.1. The average molecular weight is 264 g/mol. The molecular formula is C15H15ClFN. The van der Waals surface area contributed by atoms with Gasteiger partial charge in [-0.2, -0.15) is 0 Å². The monoisotopic (exact) mass is 263 g/mol. The van der Waals surface area contributed by atoms with Crippen LogP contribution in [0.25, 0.3) is 11.1 Å². The predicted octanol–water partition coefficient (Wildman–Crippen LogP) is 4.43. The lowest BCUT2D eigenvalue weighted by Gasteiger charge is -2.12. The quantitative estimate of drug-likeness (QED) is 0.864. The highest BCUT2D eigenvalue weighted by Gasteiger charge is 2.08. The summed E-state index contributed by atoms with van der Waals surface area (Å²) < 4.78 is 13.9. The first-order chi connectivity index (χ1) is 8.61. The SMILES string of the molecule is CNC(C)c1cccc(-c2ccc(Cl)cc2F)c1. The van der Waals surface area contributed by atoms with Crippen molar-refractivity contribution in [1.82, 2.24) is 5.32 Å². The third kappa shape index (κ3) is 2.71. The summed E-state index contributed by atoms with van der Waals surface area (Å²) in [6.45, 7) is 2.07. The zero-order valence-electron chi connectivity index (χ0n) is 10.4. The standard InChI is InChI=1S/C15H15ClFN/c1-10(18-2)11-4-3-5-12(8-11)14-7-6-13(16)9-15(14)17/h3-10,18H,1-2H3. The predicted molar refractivity (Wildman–Crippen MR) is 74.3 cm³/mol. The van der Waals surface area contributed by atoms with E-state index in [1.165, 1.54) is 6.07 Å². The molecule has 0 fully saturated rings. The van der Waals surface area contributed by atoms with Crippen LogP contribution in [0.3, 0.4) is 0 Å². The maximum absolute atomic E-state index is 13.9. The molecular weight excluding hydrogens is 249 g/mol. The van der Waals surface area contributed by atoms with Crippen LogP contribution in [0, 0.1) is 5.82 Å². The van der Waals surface area contributed by atoms with E-state index in [1.54, 1.807) is 12.1 Å². The second-order valence-electron chi connectivity index (χ2n) is 4.26. The largest absolute Gasteiger partial charge is 0.313 e. The summed E-state index contributed by atoms with van der Waals surface area (Å²) in [6, 6.07) is 12.8. The fourth-order valence-corrected chi connectivity index (χ4v) is 2.02. The molecule has 1 N–H and O–H groups in total. The van der Waals surface area contributed by atoms with E-state index in [-0.39, 0.29) is 11.9 Å². The van der Waals surface area contributed by atoms with Gasteiger partial charge in [0.2, 0.25) is 0 Å². The first-order valence-electron chi connectivity index (χ1n) is 5.84. The summed E-state index contributed by atoms with van der Waals surface area (Å²) in [5, 5.41) is 3.58. The van der Waals surface area contributed by atoms with Crippen LogP contribution >= 0.6 is 11.6 Å². The molecule has 0 amide bonds. The lowest BCUT2D eigenvalue weighted by atomic mass is 10.00. The molecule has 0 aromatic heterocycles. The molecule has 0 saturated heterocycles. The molecule has 0 aliphatic heterocycles. The highest BCUT2D eigenvalue weighted by Crippen LogP contribution is 2.27. The summed E-state index contributed by atoms with van der Waals surface area (Å²) in [6.07, 6.45) is 0. The van der Waals surface area contributed by atoms with E-state index in [0.29, 0.717) is 10.6 Å². The van der Waals surface area contributed by atoms with Gasteiger partial charge < -0.3 is 5.32 Å². The van der Waals surface area contributed by atoms with Crippen LogP contribution in [0.15, 0.2) is 42.5 Å². The Hall–Kier alpha value is -1.38. The molecule has 0 heterocycles. The van der Waals surface area contributed by atoms with Crippen molar-refractivity contribution in [3.63, 3.8) is 0 Å². The molecule has 1 nitrogen and oxygen atoms in total. The summed E-state index contributed by atoms with van der Waals surface area (Å²) in [5.41, 5.74) is 2.57. The van der Waals surface area contributed by atoms with Crippen LogP contribution in [0.2, 0.25) is 5.02 Å². The van der Waals surface area contributed by atoms with Crippen molar-refractivity contribution in [3.05, 3.63) is 58.9 Å². The first-order valence-corrected chi connectivity index (χ1v) is 6.22. The van der Waals surface area contributed by atoms with Crippen LogP contribution in [0.5, 0.6) is 0 Å². The van der Waals surface area contributed by atoms with Crippen molar-refractivity contribution >= 4 is 11.6 Å². The fraction of sp³-hybridized carbons (Fsp3) is 0.200. The second kappa shape index (κ2) is 5.51. The first kappa shape index (κ1) is 13.1. The summed E-state index contributed by atoms with van der Waals surface area (Å²) in [7, 11) is 1.90. The lowest BCUT2D eigenvalue weighted by Crippen LogP contribution is -2.12. The van der Waals surface area contributed by atoms with E-state index in [0.717, 1.165) is 11.1 Å². The number of rotatable bonds is 3. The Bertz CT molecular complexity index is 554. The minimum absolute atomic E-state index is 0.236. The molecule has 0 bridgehead atoms. The number of nitrogens with one attached hydrogen (secondary N) is 1. The highest BCUT2D eigenvalue weighted by atomic mass is 35.5. The molecule has 0 aliphatic rings. The van der Waals surface area contributed by atoms with Gasteiger partial charge in [-0.15, -0.1) is 0 Å². The Labute approximate surface area is 112 Å². The van der Waals surface area contributed by atoms with Gasteiger partial charge in [0, 0.05) is 16.6 Å². The molecule has 3 heteroatoms. The van der Waals surface area contributed by atoms with Gasteiger partial charge in [0.1, 0.15) is 5.82 Å². The molecule has 0 aliphatic carbocycles. The smallest absolute Gasteiger partial charge is 0.132 e. The van der Waals surface area contributed by atoms with Gasteiger partial charge in [-0.3, -0.25) is 0 Å². The van der Waals surface area contributed by atoms with Gasteiger partial charge in [-0.1, -0.05) is 29.8 Å². The van der Waals surface area contributed by atoms with Gasteiger partial charge in [-0.25, -0.2) is 4.39 Å². The fourth-order valence-electron chi connectivity index (χ4n) is 1.87. The minimum Gasteiger partial charge on any atom is -0.313 e. The Morgan fingerprint density at radius 3 is 2.61 bits per heavy atom. The molecule has 94 valence electrons. The number of hydrogen-bond donors (Lipinski definition) is 1. The van der Waals surface area contributed by atoms with Crippen molar-refractivity contribution in [1.29, 1.82) is 0 Å². The Balaban J connectivity index is 2.44. The third-order valence-electron chi connectivity index (χ3n) is 3.06. The van der Waals surface area contributed by atoms with Gasteiger partial charge in [0.15, 0.2) is 0 Å². The number of halogens is 2. The molecule has 0 radical (unpaired) electrons. The Morgan fingerprint density at radius 2 is 1.94 bits per heavy atom. The van der Waals surface area contributed by atoms with Crippen molar-refractivity contribution in [2.75, 3.05) is 7.05 Å². The lowest BCUT2D eigenvalue weighted by molar-refractivity contribution is 0.631. The van der Waals surface area contributed by atoms with Crippen molar-refractivity contribution in [2.45, 2.75) is 13.0 Å². The molecule has 1 unspecified atom stereocenters. The van der Waals surface area contributed by atoms with Crippen LogP contribution in [0.1, 0.15) is 18.5 Å². The molecule has 18 heavy (non-hydrogen) atoms. The van der Waals surface area contributed by atoms with E-state index in [1.807, 2.05) is 31.3 Å². The third-order valence-corrected chi connectivity index (χ3v) is 3.30. The normalized spacial score (nSPS) is 12.4. The second-order valence-corrected chi connectivity index (χ2v) is 4.70. The minimum atomic E-state index is -0.295. The van der Waals surface area contributed by atoms with E-state index in [2.05, 4.69) is 12.2 Å². The molecule has 2 aromatic rings. The van der Waals surface area contributed by atoms with Gasteiger partial charge >= 0.3 is 0 Å². The van der Waals surface area contributed by atoms with Gasteiger partial charge in [0.25, 0.3) is 0 Å². The molecule has 2 rings (SSSR count). The highest BCUT2D eigenvalue weighted by molar-refractivity contribution is 6.30. The Kier molecular flexibility index (Phi) is 4.00. The van der Waals surface area contributed by atoms with Crippen LogP contribution in [-0.2, 0) is 0 Å². The van der Waals surface area contributed by atoms with Crippen molar-refractivity contribution in [2.24, 2.45) is 0 Å². The van der Waals surface area contributed by atoms with Gasteiger partial charge in [0.05, 0.1) is 0 Å². The topological polar surface area (TPSA) is 12.0 Å². The van der Waals surface area contributed by atoms with E-state index in [4.69, 9.17) is 11.6 Å². The molecule has 0 spiro atoms.